The molecule has 0 spiro atoms. The van der Waals surface area contributed by atoms with Gasteiger partial charge in [0, 0.05) is 33.3 Å². The van der Waals surface area contributed by atoms with E-state index in [2.05, 4.69) is 42.1 Å². The van der Waals surface area contributed by atoms with Crippen molar-refractivity contribution in [2.75, 3.05) is 0 Å². The third kappa shape index (κ3) is 3.00. The van der Waals surface area contributed by atoms with Crippen molar-refractivity contribution in [3.8, 4) is 5.75 Å². The van der Waals surface area contributed by atoms with Crippen LogP contribution in [0.4, 0.5) is 0 Å². The van der Waals surface area contributed by atoms with Crippen LogP contribution in [0.3, 0.4) is 0 Å². The predicted molar refractivity (Wildman–Crippen MR) is 89.9 cm³/mol. The van der Waals surface area contributed by atoms with Crippen LogP contribution in [-0.4, -0.2) is 4.98 Å². The molecule has 0 radical (unpaired) electrons. The molecule has 1 unspecified atom stereocenters. The van der Waals surface area contributed by atoms with Crippen LogP contribution in [0, 0.1) is 0 Å². The molecule has 2 aromatic rings. The quantitative estimate of drug-likeness (QED) is 0.793. The van der Waals surface area contributed by atoms with Gasteiger partial charge in [-0.05, 0) is 12.1 Å². The summed E-state index contributed by atoms with van der Waals surface area (Å²) in [5.74, 6) is 0.860. The molecule has 1 aromatic heterocycles. The number of ether oxygens (including phenoxy) is 1. The molecule has 0 saturated carbocycles. The van der Waals surface area contributed by atoms with Gasteiger partial charge in [-0.1, -0.05) is 42.8 Å². The predicted octanol–water partition coefficient (Wildman–Crippen LogP) is 4.73. The van der Waals surface area contributed by atoms with E-state index in [1.165, 1.54) is 0 Å². The zero-order valence-electron chi connectivity index (χ0n) is 12.4. The highest BCUT2D eigenvalue weighted by atomic mass is 79.9. The minimum atomic E-state index is -0.0610. The summed E-state index contributed by atoms with van der Waals surface area (Å²) in [6, 6.07) is 6.01. The Morgan fingerprint density at radius 2 is 2.14 bits per heavy atom. The number of nitrogens with zero attached hydrogens (tertiary/aromatic N) is 1. The van der Waals surface area contributed by atoms with E-state index in [4.69, 9.17) is 15.5 Å². The fraction of sp³-hybridized carbons (Fsp3) is 0.438. The van der Waals surface area contributed by atoms with Crippen molar-refractivity contribution in [2.45, 2.75) is 44.8 Å². The van der Waals surface area contributed by atoms with Gasteiger partial charge in [0.2, 0.25) is 0 Å². The summed E-state index contributed by atoms with van der Waals surface area (Å²) in [4.78, 5) is 4.76. The summed E-state index contributed by atoms with van der Waals surface area (Å²) in [5.41, 5.74) is 8.43. The number of hydrogen-bond acceptors (Lipinski definition) is 4. The van der Waals surface area contributed by atoms with Crippen LogP contribution >= 0.6 is 27.3 Å². The summed E-state index contributed by atoms with van der Waals surface area (Å²) in [6.07, 6.45) is 0.705. The molecule has 1 aliphatic heterocycles. The monoisotopic (exact) mass is 366 g/mol. The van der Waals surface area contributed by atoms with Crippen LogP contribution < -0.4 is 10.5 Å². The Labute approximate surface area is 137 Å². The Morgan fingerprint density at radius 1 is 1.38 bits per heavy atom. The molecule has 2 N–H and O–H groups in total. The number of halogens is 1. The lowest BCUT2D eigenvalue weighted by molar-refractivity contribution is 0.157. The van der Waals surface area contributed by atoms with Crippen molar-refractivity contribution < 1.29 is 4.74 Å². The topological polar surface area (TPSA) is 48.1 Å². The Morgan fingerprint density at radius 3 is 2.81 bits per heavy atom. The van der Waals surface area contributed by atoms with E-state index in [-0.39, 0.29) is 17.6 Å². The molecule has 1 aliphatic rings. The molecule has 0 amide bonds. The standard InChI is InChI=1S/C16H19BrN2OS/c1-16(2,3)15-19-12(8-21-15)14-7-11(18)10-5-4-9(17)6-13(10)20-14/h4-6,8,11,14H,7,18H2,1-3H3/t11-,14?/m1/s1. The Kier molecular flexibility index (Phi) is 3.84. The number of thiazole rings is 1. The van der Waals surface area contributed by atoms with Gasteiger partial charge >= 0.3 is 0 Å². The van der Waals surface area contributed by atoms with Gasteiger partial charge in [-0.3, -0.25) is 0 Å². The van der Waals surface area contributed by atoms with E-state index in [0.29, 0.717) is 0 Å². The van der Waals surface area contributed by atoms with E-state index in [0.717, 1.165) is 32.9 Å². The van der Waals surface area contributed by atoms with Crippen molar-refractivity contribution >= 4 is 27.3 Å². The van der Waals surface area contributed by atoms with Gasteiger partial charge in [0.1, 0.15) is 11.9 Å². The van der Waals surface area contributed by atoms with E-state index >= 15 is 0 Å². The van der Waals surface area contributed by atoms with Gasteiger partial charge in [-0.25, -0.2) is 4.98 Å². The van der Waals surface area contributed by atoms with Gasteiger partial charge in [0.25, 0.3) is 0 Å². The molecule has 112 valence electrons. The maximum Gasteiger partial charge on any atom is 0.143 e. The number of rotatable bonds is 1. The molecule has 3 rings (SSSR count). The lowest BCUT2D eigenvalue weighted by Crippen LogP contribution is -2.24. The summed E-state index contributed by atoms with van der Waals surface area (Å²) < 4.78 is 7.13. The fourth-order valence-corrected chi connectivity index (χ4v) is 3.72. The highest BCUT2D eigenvalue weighted by molar-refractivity contribution is 9.10. The number of hydrogen-bond donors (Lipinski definition) is 1. The summed E-state index contributed by atoms with van der Waals surface area (Å²) >= 11 is 5.18. The van der Waals surface area contributed by atoms with Crippen molar-refractivity contribution in [2.24, 2.45) is 5.73 Å². The maximum atomic E-state index is 6.30. The van der Waals surface area contributed by atoms with Crippen LogP contribution in [0.25, 0.3) is 0 Å². The first-order chi connectivity index (χ1) is 9.84. The first-order valence-electron chi connectivity index (χ1n) is 7.02. The second-order valence-corrected chi connectivity index (χ2v) is 8.23. The minimum Gasteiger partial charge on any atom is -0.484 e. The lowest BCUT2D eigenvalue weighted by atomic mass is 9.95. The van der Waals surface area contributed by atoms with E-state index < -0.39 is 0 Å². The highest BCUT2D eigenvalue weighted by Gasteiger charge is 2.30. The average molecular weight is 367 g/mol. The first-order valence-corrected chi connectivity index (χ1v) is 8.69. The normalized spacial score (nSPS) is 21.8. The third-order valence-electron chi connectivity index (χ3n) is 3.61. The lowest BCUT2D eigenvalue weighted by Gasteiger charge is -2.29. The van der Waals surface area contributed by atoms with Gasteiger partial charge in [-0.15, -0.1) is 11.3 Å². The van der Waals surface area contributed by atoms with Crippen LogP contribution in [0.1, 0.15) is 55.6 Å². The second kappa shape index (κ2) is 5.38. The molecule has 0 fully saturated rings. The van der Waals surface area contributed by atoms with E-state index in [1.54, 1.807) is 11.3 Å². The van der Waals surface area contributed by atoms with Crippen LogP contribution in [0.2, 0.25) is 0 Å². The molecule has 5 heteroatoms. The van der Waals surface area contributed by atoms with E-state index in [1.807, 2.05) is 18.2 Å². The molecule has 0 bridgehead atoms. The number of nitrogens with two attached hydrogens (primary N) is 1. The molecular weight excluding hydrogens is 348 g/mol. The first kappa shape index (κ1) is 15.0. The van der Waals surface area contributed by atoms with Crippen LogP contribution in [-0.2, 0) is 5.41 Å². The SMILES string of the molecule is CC(C)(C)c1nc(C2C[C@@H](N)c3ccc(Br)cc3O2)cs1. The smallest absolute Gasteiger partial charge is 0.143 e. The zero-order chi connectivity index (χ0) is 15.2. The average Bonchev–Trinajstić information content (AvgIpc) is 2.87. The molecule has 1 aromatic carbocycles. The van der Waals surface area contributed by atoms with Gasteiger partial charge < -0.3 is 10.5 Å². The van der Waals surface area contributed by atoms with Crippen molar-refractivity contribution in [3.05, 3.63) is 44.3 Å². The van der Waals surface area contributed by atoms with Crippen LogP contribution in [0.5, 0.6) is 5.75 Å². The summed E-state index contributed by atoms with van der Waals surface area (Å²) in [6.45, 7) is 6.53. The summed E-state index contributed by atoms with van der Waals surface area (Å²) in [5, 5.41) is 3.23. The van der Waals surface area contributed by atoms with Crippen molar-refractivity contribution in [1.29, 1.82) is 0 Å². The van der Waals surface area contributed by atoms with Crippen LogP contribution in [0.15, 0.2) is 28.1 Å². The zero-order valence-corrected chi connectivity index (χ0v) is 14.8. The number of fused-ring (bicyclic) bond motifs is 1. The maximum absolute atomic E-state index is 6.30. The molecule has 21 heavy (non-hydrogen) atoms. The fourth-order valence-electron chi connectivity index (χ4n) is 2.44. The second-order valence-electron chi connectivity index (χ2n) is 6.46. The molecule has 2 heterocycles. The summed E-state index contributed by atoms with van der Waals surface area (Å²) in [7, 11) is 0. The Hall–Kier alpha value is -0.910. The molecule has 0 aliphatic carbocycles. The van der Waals surface area contributed by atoms with Gasteiger partial charge in [-0.2, -0.15) is 0 Å². The molecule has 0 saturated heterocycles. The number of aromatic nitrogens is 1. The third-order valence-corrected chi connectivity index (χ3v) is 5.39. The molecule has 2 atom stereocenters. The van der Waals surface area contributed by atoms with Crippen molar-refractivity contribution in [1.82, 2.24) is 4.98 Å². The molecule has 3 nitrogen and oxygen atoms in total. The Bertz CT molecular complexity index is 663. The number of benzene rings is 1. The van der Waals surface area contributed by atoms with Gasteiger partial charge in [0.05, 0.1) is 10.7 Å². The Balaban J connectivity index is 1.90. The largest absolute Gasteiger partial charge is 0.484 e. The van der Waals surface area contributed by atoms with E-state index in [9.17, 15) is 0 Å². The van der Waals surface area contributed by atoms with Crippen molar-refractivity contribution in [3.63, 3.8) is 0 Å². The molecular formula is C16H19BrN2OS. The highest BCUT2D eigenvalue weighted by Crippen LogP contribution is 2.41. The van der Waals surface area contributed by atoms with Gasteiger partial charge in [0.15, 0.2) is 0 Å². The minimum absolute atomic E-state index is 0.00774.